The molecule has 2 aromatic rings. The fourth-order valence-electron chi connectivity index (χ4n) is 2.84. The number of rotatable bonds is 8. The average Bonchev–Trinajstić information content (AvgIpc) is 2.96. The van der Waals surface area contributed by atoms with Gasteiger partial charge in [0.1, 0.15) is 10.9 Å². The molecule has 4 nitrogen and oxygen atoms in total. The SMILES string of the molecule is CCCN1C(=O)C(=Cc2ccc(OCc3ccccc3Cl)c(OCC)c2)SC1=S. The van der Waals surface area contributed by atoms with Crippen LogP contribution in [0.5, 0.6) is 11.5 Å². The molecule has 7 heteroatoms. The number of halogens is 1. The molecule has 0 bridgehead atoms. The summed E-state index contributed by atoms with van der Waals surface area (Å²) in [6.07, 6.45) is 2.71. The van der Waals surface area contributed by atoms with Gasteiger partial charge in [-0.2, -0.15) is 0 Å². The van der Waals surface area contributed by atoms with Gasteiger partial charge in [0.25, 0.3) is 5.91 Å². The minimum atomic E-state index is -0.0427. The lowest BCUT2D eigenvalue weighted by Crippen LogP contribution is -2.28. The number of thioether (sulfide) groups is 1. The zero-order chi connectivity index (χ0) is 20.8. The summed E-state index contributed by atoms with van der Waals surface area (Å²) in [5, 5.41) is 0.663. The number of nitrogens with zero attached hydrogens (tertiary/aromatic N) is 1. The Kier molecular flexibility index (Phi) is 7.58. The number of carbonyl (C=O) groups is 1. The van der Waals surface area contributed by atoms with Crippen molar-refractivity contribution in [2.45, 2.75) is 26.9 Å². The molecule has 1 amide bonds. The molecule has 0 radical (unpaired) electrons. The van der Waals surface area contributed by atoms with Crippen molar-refractivity contribution in [3.63, 3.8) is 0 Å². The zero-order valence-electron chi connectivity index (χ0n) is 16.3. The Morgan fingerprint density at radius 3 is 2.66 bits per heavy atom. The molecule has 0 saturated carbocycles. The Hall–Kier alpha value is -2.02. The van der Waals surface area contributed by atoms with Crippen molar-refractivity contribution < 1.29 is 14.3 Å². The first-order chi connectivity index (χ1) is 14.0. The monoisotopic (exact) mass is 447 g/mol. The molecular formula is C22H22ClNO3S2. The quantitative estimate of drug-likeness (QED) is 0.370. The molecule has 0 unspecified atom stereocenters. The van der Waals surface area contributed by atoms with Gasteiger partial charge in [-0.05, 0) is 43.2 Å². The third-order valence-electron chi connectivity index (χ3n) is 4.23. The lowest BCUT2D eigenvalue weighted by Gasteiger charge is -2.13. The highest BCUT2D eigenvalue weighted by atomic mass is 35.5. The smallest absolute Gasteiger partial charge is 0.266 e. The number of hydrogen-bond donors (Lipinski definition) is 0. The van der Waals surface area contributed by atoms with Crippen LogP contribution in [0.1, 0.15) is 31.4 Å². The molecule has 0 atom stereocenters. The minimum absolute atomic E-state index is 0.0427. The molecule has 1 saturated heterocycles. The molecule has 0 aromatic heterocycles. The highest BCUT2D eigenvalue weighted by Crippen LogP contribution is 2.35. The minimum Gasteiger partial charge on any atom is -0.490 e. The van der Waals surface area contributed by atoms with E-state index in [1.54, 1.807) is 4.90 Å². The maximum absolute atomic E-state index is 12.6. The van der Waals surface area contributed by atoms with Crippen molar-refractivity contribution in [2.24, 2.45) is 0 Å². The van der Waals surface area contributed by atoms with Crippen LogP contribution in [0.2, 0.25) is 5.02 Å². The molecule has 3 rings (SSSR count). The van der Waals surface area contributed by atoms with Gasteiger partial charge in [-0.25, -0.2) is 0 Å². The lowest BCUT2D eigenvalue weighted by molar-refractivity contribution is -0.122. The second-order valence-electron chi connectivity index (χ2n) is 6.35. The van der Waals surface area contributed by atoms with E-state index in [1.807, 2.05) is 62.4 Å². The number of carbonyl (C=O) groups excluding carboxylic acids is 1. The van der Waals surface area contributed by atoms with E-state index in [1.165, 1.54) is 11.8 Å². The number of thiocarbonyl (C=S) groups is 1. The van der Waals surface area contributed by atoms with Gasteiger partial charge in [-0.3, -0.25) is 9.69 Å². The fourth-order valence-corrected chi connectivity index (χ4v) is 4.34. The summed E-state index contributed by atoms with van der Waals surface area (Å²) in [7, 11) is 0. The molecule has 0 N–H and O–H groups in total. The second-order valence-corrected chi connectivity index (χ2v) is 8.44. The van der Waals surface area contributed by atoms with Gasteiger partial charge in [0.2, 0.25) is 0 Å². The maximum atomic E-state index is 12.6. The van der Waals surface area contributed by atoms with Crippen LogP contribution in [-0.2, 0) is 11.4 Å². The normalized spacial score (nSPS) is 15.3. The molecule has 152 valence electrons. The van der Waals surface area contributed by atoms with E-state index < -0.39 is 0 Å². The van der Waals surface area contributed by atoms with Crippen molar-refractivity contribution in [2.75, 3.05) is 13.2 Å². The fraction of sp³-hybridized carbons (Fsp3) is 0.273. The van der Waals surface area contributed by atoms with Crippen molar-refractivity contribution in [3.05, 3.63) is 63.5 Å². The molecule has 1 aliphatic heterocycles. The molecule has 0 spiro atoms. The molecule has 2 aromatic carbocycles. The van der Waals surface area contributed by atoms with E-state index in [2.05, 4.69) is 0 Å². The van der Waals surface area contributed by atoms with E-state index in [4.69, 9.17) is 33.3 Å². The first kappa shape index (κ1) is 21.7. The Balaban J connectivity index is 1.80. The van der Waals surface area contributed by atoms with Crippen LogP contribution >= 0.6 is 35.6 Å². The Labute approximate surface area is 185 Å². The van der Waals surface area contributed by atoms with Gasteiger partial charge in [0.05, 0.1) is 11.5 Å². The van der Waals surface area contributed by atoms with Crippen LogP contribution in [0.3, 0.4) is 0 Å². The second kappa shape index (κ2) is 10.1. The maximum Gasteiger partial charge on any atom is 0.266 e. The van der Waals surface area contributed by atoms with E-state index in [9.17, 15) is 4.79 Å². The van der Waals surface area contributed by atoms with E-state index in [0.29, 0.717) is 45.5 Å². The summed E-state index contributed by atoms with van der Waals surface area (Å²) in [4.78, 5) is 14.8. The average molecular weight is 448 g/mol. The largest absolute Gasteiger partial charge is 0.490 e. The van der Waals surface area contributed by atoms with Crippen molar-refractivity contribution in [1.29, 1.82) is 0 Å². The van der Waals surface area contributed by atoms with Gasteiger partial charge < -0.3 is 9.47 Å². The number of benzene rings is 2. The predicted molar refractivity (Wildman–Crippen MR) is 124 cm³/mol. The lowest BCUT2D eigenvalue weighted by atomic mass is 10.1. The zero-order valence-corrected chi connectivity index (χ0v) is 18.7. The van der Waals surface area contributed by atoms with Crippen LogP contribution in [0.15, 0.2) is 47.4 Å². The predicted octanol–water partition coefficient (Wildman–Crippen LogP) is 5.93. The summed E-state index contributed by atoms with van der Waals surface area (Å²) in [6.45, 7) is 5.43. The van der Waals surface area contributed by atoms with Crippen molar-refractivity contribution in [1.82, 2.24) is 4.90 Å². The number of ether oxygens (including phenoxy) is 2. The molecule has 1 heterocycles. The summed E-state index contributed by atoms with van der Waals surface area (Å²) in [5.41, 5.74) is 1.76. The van der Waals surface area contributed by atoms with Gasteiger partial charge in [-0.15, -0.1) is 0 Å². The van der Waals surface area contributed by atoms with Crippen LogP contribution in [-0.4, -0.2) is 28.3 Å². The molecular weight excluding hydrogens is 426 g/mol. The molecule has 29 heavy (non-hydrogen) atoms. The third-order valence-corrected chi connectivity index (χ3v) is 5.97. The Morgan fingerprint density at radius 2 is 1.93 bits per heavy atom. The van der Waals surface area contributed by atoms with Crippen LogP contribution < -0.4 is 9.47 Å². The molecule has 1 fully saturated rings. The van der Waals surface area contributed by atoms with Gasteiger partial charge in [-0.1, -0.05) is 66.8 Å². The van der Waals surface area contributed by atoms with Crippen LogP contribution in [0, 0.1) is 0 Å². The number of hydrogen-bond acceptors (Lipinski definition) is 5. The van der Waals surface area contributed by atoms with Crippen LogP contribution in [0.4, 0.5) is 0 Å². The Morgan fingerprint density at radius 1 is 1.14 bits per heavy atom. The third kappa shape index (κ3) is 5.32. The first-order valence-electron chi connectivity index (χ1n) is 9.42. The molecule has 0 aliphatic carbocycles. The van der Waals surface area contributed by atoms with Gasteiger partial charge in [0, 0.05) is 17.1 Å². The van der Waals surface area contributed by atoms with E-state index in [0.717, 1.165) is 17.5 Å². The van der Waals surface area contributed by atoms with Gasteiger partial charge in [0.15, 0.2) is 11.5 Å². The number of amides is 1. The summed E-state index contributed by atoms with van der Waals surface area (Å²) in [5.74, 6) is 1.21. The Bertz CT molecular complexity index is 945. The molecule has 1 aliphatic rings. The van der Waals surface area contributed by atoms with E-state index in [-0.39, 0.29) is 5.91 Å². The topological polar surface area (TPSA) is 38.8 Å². The van der Waals surface area contributed by atoms with Crippen LogP contribution in [0.25, 0.3) is 6.08 Å². The first-order valence-corrected chi connectivity index (χ1v) is 11.0. The van der Waals surface area contributed by atoms with Crippen molar-refractivity contribution in [3.8, 4) is 11.5 Å². The van der Waals surface area contributed by atoms with Crippen molar-refractivity contribution >= 4 is 51.9 Å². The van der Waals surface area contributed by atoms with E-state index >= 15 is 0 Å². The van der Waals surface area contributed by atoms with Gasteiger partial charge >= 0.3 is 0 Å². The highest BCUT2D eigenvalue weighted by Gasteiger charge is 2.31. The standard InChI is InChI=1S/C22H22ClNO3S2/c1-3-11-24-21(25)20(29-22(24)28)13-15-9-10-18(19(12-15)26-4-2)27-14-16-7-5-6-8-17(16)23/h5-10,12-13H,3-4,11,14H2,1-2H3. The highest BCUT2D eigenvalue weighted by molar-refractivity contribution is 8.26. The summed E-state index contributed by atoms with van der Waals surface area (Å²) in [6, 6.07) is 13.2. The summed E-state index contributed by atoms with van der Waals surface area (Å²) >= 11 is 12.9. The summed E-state index contributed by atoms with van der Waals surface area (Å²) < 4.78 is 12.3.